The Morgan fingerprint density at radius 2 is 1.78 bits per heavy atom. The van der Waals surface area contributed by atoms with Gasteiger partial charge in [-0.2, -0.15) is 0 Å². The van der Waals surface area contributed by atoms with E-state index < -0.39 is 0 Å². The maximum atomic E-state index is 6.15. The maximum absolute atomic E-state index is 6.15. The molecular weight excluding hydrogens is 282 g/mol. The normalized spacial score (nSPS) is 12.3. The summed E-state index contributed by atoms with van der Waals surface area (Å²) in [5, 5.41) is 2.30. The first-order valence-electron chi connectivity index (χ1n) is 8.36. The second-order valence-electron chi connectivity index (χ2n) is 6.35. The minimum Gasteiger partial charge on any atom is -0.456 e. The van der Waals surface area contributed by atoms with Crippen molar-refractivity contribution in [2.45, 2.75) is 27.2 Å². The third kappa shape index (κ3) is 3.53. The minimum absolute atomic E-state index is 0.594. The van der Waals surface area contributed by atoms with E-state index in [1.165, 1.54) is 5.56 Å². The molecule has 1 heterocycles. The van der Waals surface area contributed by atoms with Gasteiger partial charge in [0.05, 0.1) is 11.5 Å². The molecule has 0 saturated heterocycles. The van der Waals surface area contributed by atoms with E-state index >= 15 is 0 Å². The van der Waals surface area contributed by atoms with Crippen molar-refractivity contribution in [2.75, 3.05) is 6.54 Å². The van der Waals surface area contributed by atoms with Crippen LogP contribution in [0.5, 0.6) is 0 Å². The average Bonchev–Trinajstić information content (AvgIpc) is 2.59. The molecule has 0 aliphatic heterocycles. The van der Waals surface area contributed by atoms with Crippen LogP contribution in [-0.4, -0.2) is 6.54 Å². The van der Waals surface area contributed by atoms with Crippen molar-refractivity contribution in [1.82, 2.24) is 0 Å². The molecule has 1 N–H and O–H groups in total. The zero-order chi connectivity index (χ0) is 16.2. The molecule has 2 heteroatoms. The lowest BCUT2D eigenvalue weighted by Crippen LogP contribution is -2.77. The molecule has 0 spiro atoms. The standard InChI is InChI=1S/C21H23NO/c1-4-16-10-11-20-18(12-16)19(22-14-15(2)3)13-21(23-20)17-8-6-5-7-9-17/h5-13,15H,4,14H2,1-3H3/p+1. The zero-order valence-corrected chi connectivity index (χ0v) is 14.1. The third-order valence-electron chi connectivity index (χ3n) is 4.00. The monoisotopic (exact) mass is 306 g/mol. The van der Waals surface area contributed by atoms with Crippen LogP contribution >= 0.6 is 0 Å². The van der Waals surface area contributed by atoms with E-state index in [4.69, 9.17) is 4.42 Å². The molecule has 3 aromatic rings. The summed E-state index contributed by atoms with van der Waals surface area (Å²) >= 11 is 0. The van der Waals surface area contributed by atoms with Crippen molar-refractivity contribution in [3.63, 3.8) is 0 Å². The van der Waals surface area contributed by atoms with Crippen molar-refractivity contribution in [3.8, 4) is 11.3 Å². The van der Waals surface area contributed by atoms with Crippen molar-refractivity contribution in [2.24, 2.45) is 5.92 Å². The number of rotatable bonds is 4. The van der Waals surface area contributed by atoms with Gasteiger partial charge in [0.1, 0.15) is 17.9 Å². The van der Waals surface area contributed by atoms with Crippen LogP contribution in [0.25, 0.3) is 22.3 Å². The van der Waals surface area contributed by atoms with Gasteiger partial charge in [0.25, 0.3) is 0 Å². The second kappa shape index (κ2) is 6.82. The van der Waals surface area contributed by atoms with Gasteiger partial charge in [0.15, 0.2) is 0 Å². The molecule has 2 nitrogen and oxygen atoms in total. The quantitative estimate of drug-likeness (QED) is 0.787. The minimum atomic E-state index is 0.594. The first-order chi connectivity index (χ1) is 11.2. The highest BCUT2D eigenvalue weighted by Crippen LogP contribution is 2.22. The number of fused-ring (bicyclic) bond motifs is 1. The summed E-state index contributed by atoms with van der Waals surface area (Å²) < 4.78 is 6.15. The molecule has 3 rings (SSSR count). The molecule has 0 aliphatic rings. The lowest BCUT2D eigenvalue weighted by atomic mass is 10.1. The Kier molecular flexibility index (Phi) is 4.61. The smallest absolute Gasteiger partial charge is 0.213 e. The molecule has 0 aliphatic carbocycles. The molecule has 0 fully saturated rings. The van der Waals surface area contributed by atoms with Crippen LogP contribution in [-0.2, 0) is 6.42 Å². The van der Waals surface area contributed by atoms with Crippen LogP contribution in [0.1, 0.15) is 26.3 Å². The fourth-order valence-corrected chi connectivity index (χ4v) is 2.66. The Morgan fingerprint density at radius 1 is 1.00 bits per heavy atom. The lowest BCUT2D eigenvalue weighted by molar-refractivity contribution is -0.505. The summed E-state index contributed by atoms with van der Waals surface area (Å²) in [5.74, 6) is 1.49. The molecule has 0 amide bonds. The van der Waals surface area contributed by atoms with E-state index in [1.54, 1.807) is 0 Å². The number of aryl methyl sites for hydroxylation is 1. The van der Waals surface area contributed by atoms with Gasteiger partial charge >= 0.3 is 0 Å². The number of hydrogen-bond acceptors (Lipinski definition) is 1. The Balaban J connectivity index is 2.24. The van der Waals surface area contributed by atoms with Crippen LogP contribution in [0.4, 0.5) is 0 Å². The molecule has 0 bridgehead atoms. The second-order valence-corrected chi connectivity index (χ2v) is 6.35. The largest absolute Gasteiger partial charge is 0.456 e. The van der Waals surface area contributed by atoms with Crippen molar-refractivity contribution in [3.05, 3.63) is 65.5 Å². The van der Waals surface area contributed by atoms with Crippen LogP contribution < -0.4 is 10.3 Å². The fourth-order valence-electron chi connectivity index (χ4n) is 2.66. The summed E-state index contributed by atoms with van der Waals surface area (Å²) in [6, 6.07) is 18.8. The molecule has 23 heavy (non-hydrogen) atoms. The zero-order valence-electron chi connectivity index (χ0n) is 14.1. The summed E-state index contributed by atoms with van der Waals surface area (Å²) in [5.41, 5.74) is 3.35. The first kappa shape index (κ1) is 15.5. The molecule has 2 aromatic carbocycles. The highest BCUT2D eigenvalue weighted by molar-refractivity contribution is 5.78. The molecule has 0 radical (unpaired) electrons. The molecule has 0 saturated carbocycles. The van der Waals surface area contributed by atoms with Gasteiger partial charge in [-0.1, -0.05) is 57.2 Å². The van der Waals surface area contributed by atoms with E-state index in [-0.39, 0.29) is 0 Å². The summed E-state index contributed by atoms with van der Waals surface area (Å²) in [6.45, 7) is 7.57. The average molecular weight is 306 g/mol. The van der Waals surface area contributed by atoms with Crippen molar-refractivity contribution in [1.29, 1.82) is 0 Å². The summed E-state index contributed by atoms with van der Waals surface area (Å²) in [7, 11) is 0. The van der Waals surface area contributed by atoms with Gasteiger partial charge in [0, 0.05) is 11.5 Å². The van der Waals surface area contributed by atoms with Gasteiger partial charge in [0.2, 0.25) is 5.36 Å². The van der Waals surface area contributed by atoms with Crippen molar-refractivity contribution >= 4 is 11.0 Å². The first-order valence-corrected chi connectivity index (χ1v) is 8.36. The van der Waals surface area contributed by atoms with Crippen molar-refractivity contribution < 1.29 is 9.41 Å². The SMILES string of the molecule is CCc1ccc2oc(-c3ccccc3)cc(=[NH+]CC(C)C)c2c1. The van der Waals surface area contributed by atoms with E-state index in [2.05, 4.69) is 62.2 Å². The Labute approximate surface area is 137 Å². The topological polar surface area (TPSA) is 27.1 Å². The predicted octanol–water partition coefficient (Wildman–Crippen LogP) is 3.30. The molecule has 0 unspecified atom stereocenters. The van der Waals surface area contributed by atoms with Gasteiger partial charge in [-0.15, -0.1) is 0 Å². The number of hydrogen-bond donors (Lipinski definition) is 1. The van der Waals surface area contributed by atoms with E-state index in [0.29, 0.717) is 5.92 Å². The Hall–Kier alpha value is -2.35. The maximum Gasteiger partial charge on any atom is 0.213 e. The van der Waals surface area contributed by atoms with Crippen LogP contribution in [0.2, 0.25) is 0 Å². The van der Waals surface area contributed by atoms with E-state index in [9.17, 15) is 0 Å². The van der Waals surface area contributed by atoms with Gasteiger partial charge in [-0.05, 0) is 24.1 Å². The highest BCUT2D eigenvalue weighted by atomic mass is 16.3. The van der Waals surface area contributed by atoms with Gasteiger partial charge in [-0.25, -0.2) is 4.99 Å². The summed E-state index contributed by atoms with van der Waals surface area (Å²) in [4.78, 5) is 3.59. The van der Waals surface area contributed by atoms with Crippen LogP contribution in [0.3, 0.4) is 0 Å². The molecule has 0 atom stereocenters. The van der Waals surface area contributed by atoms with E-state index in [0.717, 1.165) is 40.6 Å². The Morgan fingerprint density at radius 3 is 2.48 bits per heavy atom. The lowest BCUT2D eigenvalue weighted by Gasteiger charge is -2.05. The Bertz CT molecular complexity index is 860. The van der Waals surface area contributed by atoms with Gasteiger partial charge in [-0.3, -0.25) is 0 Å². The van der Waals surface area contributed by atoms with Crippen LogP contribution in [0, 0.1) is 5.92 Å². The van der Waals surface area contributed by atoms with E-state index in [1.807, 2.05) is 18.2 Å². The highest BCUT2D eigenvalue weighted by Gasteiger charge is 2.09. The molecular formula is C21H24NO+. The molecule has 1 aromatic heterocycles. The number of benzene rings is 2. The summed E-state index contributed by atoms with van der Waals surface area (Å²) in [6.07, 6.45) is 1.03. The molecule has 118 valence electrons. The predicted molar refractivity (Wildman–Crippen MR) is 94.8 cm³/mol. The number of nitrogens with one attached hydrogen (secondary N) is 1. The fraction of sp³-hybridized carbons (Fsp3) is 0.286. The third-order valence-corrected chi connectivity index (χ3v) is 4.00. The van der Waals surface area contributed by atoms with Gasteiger partial charge < -0.3 is 4.42 Å². The van der Waals surface area contributed by atoms with Crippen LogP contribution in [0.15, 0.2) is 59.0 Å².